The summed E-state index contributed by atoms with van der Waals surface area (Å²) in [5.41, 5.74) is -4.12. The van der Waals surface area contributed by atoms with Crippen molar-refractivity contribution in [2.24, 2.45) is 0 Å². The molecule has 8 rings (SSSR count). The van der Waals surface area contributed by atoms with Gasteiger partial charge in [0.2, 0.25) is 0 Å². The Hall–Kier alpha value is -5.45. The average Bonchev–Trinajstić information content (AvgIpc) is 3.70. The molecule has 208 valence electrons. The number of rotatable bonds is 5. The van der Waals surface area contributed by atoms with E-state index in [1.54, 1.807) is 0 Å². The first kappa shape index (κ1) is 11.2. The Morgan fingerprint density at radius 3 is 1.52 bits per heavy atom. The third kappa shape index (κ3) is 4.76. The molecule has 0 spiro atoms. The highest BCUT2D eigenvalue weighted by Crippen LogP contribution is 2.44. The Kier molecular flexibility index (Phi) is 2.81. The first-order valence-electron chi connectivity index (χ1n) is 24.7. The molecule has 8 aromatic rings. The van der Waals surface area contributed by atoms with Crippen molar-refractivity contribution in [3.63, 3.8) is 0 Å². The fourth-order valence-electron chi connectivity index (χ4n) is 4.38. The summed E-state index contributed by atoms with van der Waals surface area (Å²) in [5, 5.41) is -0.634. The monoisotopic (exact) mass is 605 g/mol. The lowest BCUT2D eigenvalue weighted by Gasteiger charge is -2.10. The Morgan fingerprint density at radius 1 is 0.432 bits per heavy atom. The van der Waals surface area contributed by atoms with E-state index in [4.69, 9.17) is 30.2 Å². The van der Waals surface area contributed by atoms with Gasteiger partial charge in [0.15, 0.2) is 17.5 Å². The SMILES string of the molecule is [2H]c1c([2H])c([2H])c(-c2nc(-c3c([2H])c([2H])c([2H])c(C)c3[2H])nc(-c3c([2H])c([2H])c([2H])c(-c4c([2H])c([2H])c([2H])c5c4sc4c(-c6c([2H])c([2H])c([2H])c([2H])c6[2H])c([2H])c([2H])c([2H])c45)c3[2H])n2)c([2H])c1[2H]. The van der Waals surface area contributed by atoms with E-state index in [0.717, 1.165) is 0 Å². The third-order valence-electron chi connectivity index (χ3n) is 6.29. The van der Waals surface area contributed by atoms with E-state index in [1.807, 2.05) is 0 Å². The second-order valence-corrected chi connectivity index (χ2v) is 10.1. The summed E-state index contributed by atoms with van der Waals surface area (Å²) >= 11 is 0.589. The number of hydrogen-bond donors (Lipinski definition) is 0. The summed E-state index contributed by atoms with van der Waals surface area (Å²) in [6.07, 6.45) is 0. The summed E-state index contributed by atoms with van der Waals surface area (Å²) < 4.78 is 209. The molecule has 3 nitrogen and oxygen atoms in total. The van der Waals surface area contributed by atoms with Gasteiger partial charge in [-0.05, 0) is 41.3 Å². The first-order valence-corrected chi connectivity index (χ1v) is 13.6. The molecule has 0 aliphatic carbocycles. The van der Waals surface area contributed by atoms with Gasteiger partial charge in [-0.2, -0.15) is 0 Å². The highest BCUT2D eigenvalue weighted by Gasteiger charge is 2.16. The van der Waals surface area contributed by atoms with Crippen molar-refractivity contribution < 1.29 is 32.9 Å². The fourth-order valence-corrected chi connectivity index (χ4v) is 5.60. The van der Waals surface area contributed by atoms with Crippen LogP contribution in [0.5, 0.6) is 0 Å². The molecule has 0 amide bonds. The van der Waals surface area contributed by atoms with Crippen LogP contribution in [0, 0.1) is 6.92 Å². The Labute approximate surface area is 293 Å². The van der Waals surface area contributed by atoms with Crippen LogP contribution in [0.1, 0.15) is 38.5 Å². The topological polar surface area (TPSA) is 38.7 Å². The van der Waals surface area contributed by atoms with E-state index in [-0.39, 0.29) is 25.7 Å². The standard InChI is InChI=1S/C40H27N3S/c1-26-12-8-18-30(24-26)39-41-38(28-15-6-3-7-16-28)42-40(43-39)31-19-9-17-29(25-31)33-21-11-23-35-34-22-10-20-32(36(34)44-37(33)35)27-13-4-2-5-14-27/h2-25H,1H3/i2D,3D,4D,5D,6D,7D,8D,9D,10D,11D,12D,13D,14D,15D,16D,17D,18D,19D,20D,21D,22D,23D,24D,25D. The zero-order chi connectivity index (χ0) is 50.3. The summed E-state index contributed by atoms with van der Waals surface area (Å²) in [5.74, 6) is -2.15. The lowest BCUT2D eigenvalue weighted by atomic mass is 9.99. The average molecular weight is 606 g/mol. The zero-order valence-electron chi connectivity index (χ0n) is 46.2. The van der Waals surface area contributed by atoms with Crippen LogP contribution in [0.15, 0.2) is 145 Å². The molecule has 0 atom stereocenters. The molecule has 0 aliphatic heterocycles. The zero-order valence-corrected chi connectivity index (χ0v) is 23.1. The van der Waals surface area contributed by atoms with Crippen molar-refractivity contribution in [3.05, 3.63) is 151 Å². The quantitative estimate of drug-likeness (QED) is 0.196. The van der Waals surface area contributed by atoms with Crippen molar-refractivity contribution in [1.29, 1.82) is 0 Å². The Morgan fingerprint density at radius 2 is 0.886 bits per heavy atom. The first-order chi connectivity index (χ1) is 31.7. The number of benzene rings is 6. The van der Waals surface area contributed by atoms with Gasteiger partial charge in [-0.15, -0.1) is 11.3 Å². The van der Waals surface area contributed by atoms with Gasteiger partial charge >= 0.3 is 0 Å². The molecular formula is C40H27N3S. The molecular weight excluding hydrogens is 555 g/mol. The Balaban J connectivity index is 1.55. The van der Waals surface area contributed by atoms with E-state index < -0.39 is 201 Å². The molecule has 0 fully saturated rings. The molecule has 6 aromatic carbocycles. The second-order valence-electron chi connectivity index (χ2n) is 9.07. The molecule has 0 N–H and O–H groups in total. The molecule has 0 bridgehead atoms. The van der Waals surface area contributed by atoms with E-state index >= 15 is 0 Å². The van der Waals surface area contributed by atoms with E-state index in [0.29, 0.717) is 11.3 Å². The second kappa shape index (κ2) is 11.0. The minimum absolute atomic E-state index is 0.107. The minimum atomic E-state index is -0.944. The molecule has 0 saturated heterocycles. The molecule has 4 heteroatoms. The number of aromatic nitrogens is 3. The number of hydrogen-bond acceptors (Lipinski definition) is 4. The molecule has 0 radical (unpaired) electrons. The van der Waals surface area contributed by atoms with Crippen LogP contribution in [-0.4, -0.2) is 15.0 Å². The Bertz CT molecular complexity index is 3470. The lowest BCUT2D eigenvalue weighted by Crippen LogP contribution is -2.00. The van der Waals surface area contributed by atoms with Crippen LogP contribution < -0.4 is 0 Å². The van der Waals surface area contributed by atoms with Crippen LogP contribution in [0.25, 0.3) is 76.6 Å². The van der Waals surface area contributed by atoms with Crippen LogP contribution in [-0.2, 0) is 0 Å². The van der Waals surface area contributed by atoms with Crippen molar-refractivity contribution in [2.45, 2.75) is 6.92 Å². The van der Waals surface area contributed by atoms with Gasteiger partial charge in [-0.3, -0.25) is 0 Å². The number of fused-ring (bicyclic) bond motifs is 3. The molecule has 0 unspecified atom stereocenters. The highest BCUT2D eigenvalue weighted by molar-refractivity contribution is 7.26. The third-order valence-corrected chi connectivity index (χ3v) is 7.52. The maximum absolute atomic E-state index is 9.65. The summed E-state index contributed by atoms with van der Waals surface area (Å²) in [4.78, 5) is 12.9. The van der Waals surface area contributed by atoms with E-state index in [9.17, 15) is 2.74 Å². The van der Waals surface area contributed by atoms with Crippen LogP contribution in [0.2, 0.25) is 0 Å². The van der Waals surface area contributed by atoms with Crippen molar-refractivity contribution in [2.75, 3.05) is 0 Å². The summed E-state index contributed by atoms with van der Waals surface area (Å²) in [6, 6.07) is -18.7. The fraction of sp³-hybridized carbons (Fsp3) is 0.0250. The number of nitrogens with zero attached hydrogens (tertiary/aromatic N) is 3. The van der Waals surface area contributed by atoms with Crippen molar-refractivity contribution >= 4 is 31.5 Å². The maximum atomic E-state index is 9.65. The van der Waals surface area contributed by atoms with E-state index in [1.165, 1.54) is 6.92 Å². The van der Waals surface area contributed by atoms with Crippen LogP contribution in [0.4, 0.5) is 0 Å². The maximum Gasteiger partial charge on any atom is 0.164 e. The van der Waals surface area contributed by atoms with Gasteiger partial charge in [0.1, 0.15) is 0 Å². The van der Waals surface area contributed by atoms with Crippen LogP contribution in [0.3, 0.4) is 0 Å². The highest BCUT2D eigenvalue weighted by atomic mass is 32.1. The number of thiophene rings is 1. The molecule has 44 heavy (non-hydrogen) atoms. The largest absolute Gasteiger partial charge is 0.208 e. The van der Waals surface area contributed by atoms with Gasteiger partial charge < -0.3 is 0 Å². The van der Waals surface area contributed by atoms with Crippen molar-refractivity contribution in [3.8, 4) is 56.4 Å². The van der Waals surface area contributed by atoms with E-state index in [2.05, 4.69) is 15.0 Å². The van der Waals surface area contributed by atoms with Gasteiger partial charge in [-0.1, -0.05) is 138 Å². The molecule has 0 aliphatic rings. The van der Waals surface area contributed by atoms with Gasteiger partial charge in [0, 0.05) is 36.9 Å². The summed E-state index contributed by atoms with van der Waals surface area (Å²) in [6.45, 7) is 1.31. The molecule has 2 aromatic heterocycles. The normalized spacial score (nSPS) is 18.9. The minimum Gasteiger partial charge on any atom is -0.208 e. The molecule has 0 saturated carbocycles. The predicted octanol–water partition coefficient (Wildman–Crippen LogP) is 10.9. The lowest BCUT2D eigenvalue weighted by molar-refractivity contribution is 1.07. The predicted molar refractivity (Wildman–Crippen MR) is 185 cm³/mol. The van der Waals surface area contributed by atoms with Crippen LogP contribution >= 0.6 is 11.3 Å². The van der Waals surface area contributed by atoms with Gasteiger partial charge in [-0.25, -0.2) is 15.0 Å². The summed E-state index contributed by atoms with van der Waals surface area (Å²) in [7, 11) is 0. The smallest absolute Gasteiger partial charge is 0.164 e. The van der Waals surface area contributed by atoms with Gasteiger partial charge in [0.25, 0.3) is 0 Å². The van der Waals surface area contributed by atoms with Gasteiger partial charge in [0.05, 0.1) is 32.9 Å². The van der Waals surface area contributed by atoms with Crippen molar-refractivity contribution in [1.82, 2.24) is 15.0 Å². The molecule has 2 heterocycles.